The molecule has 17 heteroatoms. The molecule has 0 atom stereocenters. The fraction of sp³-hybridized carbons (Fsp3) is 0.333. The summed E-state index contributed by atoms with van der Waals surface area (Å²) in [6.45, 7) is 4.76. The Balaban J connectivity index is 1.20. The minimum atomic E-state index is -4.61. The molecule has 0 saturated carbocycles. The van der Waals surface area contributed by atoms with Crippen LogP contribution in [-0.4, -0.2) is 104 Å². The van der Waals surface area contributed by atoms with Crippen molar-refractivity contribution in [3.8, 4) is 11.5 Å². The molecule has 3 aromatic rings. The number of carbonyl (C=O) groups excluding carboxylic acids is 3. The summed E-state index contributed by atoms with van der Waals surface area (Å²) in [5, 5.41) is 12.7. The molecule has 0 radical (unpaired) electrons. The van der Waals surface area contributed by atoms with E-state index in [0.29, 0.717) is 30.1 Å². The molecule has 276 valence electrons. The van der Waals surface area contributed by atoms with Crippen molar-refractivity contribution in [1.82, 2.24) is 29.6 Å². The average Bonchev–Trinajstić information content (AvgIpc) is 3.62. The molecule has 1 saturated heterocycles. The first kappa shape index (κ1) is 35.7. The zero-order valence-electron chi connectivity index (χ0n) is 28.7. The Kier molecular flexibility index (Phi) is 9.49. The minimum Gasteiger partial charge on any atom is -0.504 e. The summed E-state index contributed by atoms with van der Waals surface area (Å²) < 4.78 is 45.5. The lowest BCUT2D eigenvalue weighted by molar-refractivity contribution is -0.137. The Morgan fingerprint density at radius 2 is 1.85 bits per heavy atom. The molecule has 4 aliphatic heterocycles. The van der Waals surface area contributed by atoms with Crippen LogP contribution in [-0.2, 0) is 22.2 Å². The normalized spacial score (nSPS) is 17.3. The van der Waals surface area contributed by atoms with E-state index in [9.17, 15) is 32.7 Å². The first-order chi connectivity index (χ1) is 25.3. The van der Waals surface area contributed by atoms with Crippen LogP contribution in [0.4, 0.5) is 18.9 Å². The highest BCUT2D eigenvalue weighted by Crippen LogP contribution is 2.36. The Bertz CT molecular complexity index is 2110. The third-order valence-electron chi connectivity index (χ3n) is 9.50. The van der Waals surface area contributed by atoms with Gasteiger partial charge in [-0.2, -0.15) is 13.2 Å². The van der Waals surface area contributed by atoms with E-state index in [-0.39, 0.29) is 79.0 Å². The number of piperazine rings is 1. The third-order valence-corrected chi connectivity index (χ3v) is 9.81. The highest BCUT2D eigenvalue weighted by Gasteiger charge is 2.42. The van der Waals surface area contributed by atoms with E-state index in [1.54, 1.807) is 16.7 Å². The van der Waals surface area contributed by atoms with Crippen LogP contribution in [0.25, 0.3) is 5.70 Å². The molecule has 0 unspecified atom stereocenters. The fourth-order valence-electron chi connectivity index (χ4n) is 6.76. The smallest absolute Gasteiger partial charge is 0.416 e. The van der Waals surface area contributed by atoms with Gasteiger partial charge in [-0.15, -0.1) is 0 Å². The van der Waals surface area contributed by atoms with Crippen LogP contribution in [0.3, 0.4) is 0 Å². The van der Waals surface area contributed by atoms with Gasteiger partial charge in [0.15, 0.2) is 11.4 Å². The number of aliphatic imine (C=N–C) groups is 1. The number of anilines is 1. The van der Waals surface area contributed by atoms with Crippen molar-refractivity contribution >= 4 is 46.7 Å². The highest BCUT2D eigenvalue weighted by molar-refractivity contribution is 6.33. The van der Waals surface area contributed by atoms with Gasteiger partial charge in [0.2, 0.25) is 11.9 Å². The molecular weight excluding hydrogens is 717 g/mol. The molecule has 7 rings (SSSR count). The van der Waals surface area contributed by atoms with E-state index < -0.39 is 23.6 Å². The predicted molar refractivity (Wildman–Crippen MR) is 188 cm³/mol. The second kappa shape index (κ2) is 14.1. The van der Waals surface area contributed by atoms with Crippen LogP contribution < -0.4 is 10.1 Å². The number of nitrogens with one attached hydrogen (secondary N) is 1. The number of aryl methyl sites for hydroxylation is 1. The number of nitrogens with zero attached hydrogens (tertiary/aromatic N) is 7. The molecule has 1 fully saturated rings. The van der Waals surface area contributed by atoms with Gasteiger partial charge >= 0.3 is 6.18 Å². The summed E-state index contributed by atoms with van der Waals surface area (Å²) in [6, 6.07) is 8.43. The molecule has 2 N–H and O–H groups in total. The number of fused-ring (bicyclic) bond motifs is 2. The van der Waals surface area contributed by atoms with Gasteiger partial charge in [-0.1, -0.05) is 18.5 Å². The van der Waals surface area contributed by atoms with Crippen LogP contribution in [0.15, 0.2) is 65.2 Å². The summed E-state index contributed by atoms with van der Waals surface area (Å²) in [5.74, 6) is -0.656. The maximum absolute atomic E-state index is 14.4. The summed E-state index contributed by atoms with van der Waals surface area (Å²) in [4.78, 5) is 60.6. The topological polar surface area (TPSA) is 144 Å². The number of rotatable bonds is 7. The second-order valence-electron chi connectivity index (χ2n) is 12.7. The number of halogens is 4. The lowest BCUT2D eigenvalue weighted by Crippen LogP contribution is -2.59. The van der Waals surface area contributed by atoms with Crippen LogP contribution in [0.2, 0.25) is 5.02 Å². The molecule has 2 aromatic carbocycles. The summed E-state index contributed by atoms with van der Waals surface area (Å²) in [6.07, 6.45) is -0.504. The molecule has 3 amide bonds. The number of ether oxygens (including phenoxy) is 1. The quantitative estimate of drug-likeness (QED) is 0.352. The van der Waals surface area contributed by atoms with E-state index in [4.69, 9.17) is 21.3 Å². The van der Waals surface area contributed by atoms with Gasteiger partial charge in [0.1, 0.15) is 24.3 Å². The molecule has 5 heterocycles. The summed E-state index contributed by atoms with van der Waals surface area (Å²) in [7, 11) is 0. The van der Waals surface area contributed by atoms with E-state index in [2.05, 4.69) is 15.3 Å². The molecule has 1 aromatic heterocycles. The zero-order chi connectivity index (χ0) is 37.6. The number of guanidine groups is 1. The van der Waals surface area contributed by atoms with Gasteiger partial charge in [-0.3, -0.25) is 19.3 Å². The van der Waals surface area contributed by atoms with E-state index >= 15 is 0 Å². The van der Waals surface area contributed by atoms with Crippen molar-refractivity contribution in [2.24, 2.45) is 4.99 Å². The molecule has 4 aliphatic rings. The van der Waals surface area contributed by atoms with Crippen LogP contribution >= 0.6 is 11.6 Å². The SMILES string of the molecule is CCC1=C(N2CCN(C(=O)c3ncnc(C)c3O)CC2)C(=O)N2CC=C(c3ccc4c(c3)CCO4)N=C2N1CC(=O)Nc1ccc(C(F)(F)F)cc1Cl. The largest absolute Gasteiger partial charge is 0.504 e. The number of aromatic hydroxyl groups is 1. The van der Waals surface area contributed by atoms with Gasteiger partial charge in [-0.05, 0) is 61.4 Å². The Hall–Kier alpha value is -5.64. The van der Waals surface area contributed by atoms with Crippen molar-refractivity contribution in [1.29, 1.82) is 0 Å². The Labute approximate surface area is 307 Å². The number of amides is 3. The van der Waals surface area contributed by atoms with Crippen molar-refractivity contribution in [3.05, 3.63) is 93.3 Å². The number of hydrogen-bond acceptors (Lipinski definition) is 10. The first-order valence-corrected chi connectivity index (χ1v) is 17.3. The summed E-state index contributed by atoms with van der Waals surface area (Å²) in [5.41, 5.74) is 2.51. The lowest BCUT2D eigenvalue weighted by Gasteiger charge is -2.45. The molecule has 0 aliphatic carbocycles. The number of benzene rings is 2. The monoisotopic (exact) mass is 750 g/mol. The standard InChI is InChI=1S/C36H34ClF3N8O5/c1-3-27-31(45-11-13-46(14-12-45)33(51)30-32(50)20(2)41-19-42-30)34(52)47-10-8-25(21-4-7-28-22(16-21)9-15-53-28)44-35(47)48(27)18-29(49)43-26-6-5-23(17-24(26)37)36(38,39)40/h4-8,16-17,19,50H,3,9-15,18H2,1-2H3,(H,43,49). The Morgan fingerprint density at radius 3 is 2.57 bits per heavy atom. The maximum atomic E-state index is 14.4. The van der Waals surface area contributed by atoms with Gasteiger partial charge in [0.25, 0.3) is 11.8 Å². The number of allylic oxidation sites excluding steroid dienone is 1. The van der Waals surface area contributed by atoms with Crippen molar-refractivity contribution in [2.45, 2.75) is 32.9 Å². The lowest BCUT2D eigenvalue weighted by atomic mass is 10.0. The predicted octanol–water partition coefficient (Wildman–Crippen LogP) is 4.67. The average molecular weight is 751 g/mol. The van der Waals surface area contributed by atoms with Crippen molar-refractivity contribution < 1.29 is 37.4 Å². The van der Waals surface area contributed by atoms with Gasteiger partial charge < -0.3 is 29.9 Å². The molecule has 0 spiro atoms. The zero-order valence-corrected chi connectivity index (χ0v) is 29.5. The number of alkyl halides is 3. The van der Waals surface area contributed by atoms with E-state index in [1.165, 1.54) is 11.2 Å². The van der Waals surface area contributed by atoms with E-state index in [0.717, 1.165) is 41.5 Å². The van der Waals surface area contributed by atoms with Crippen LogP contribution in [0.1, 0.15) is 46.2 Å². The first-order valence-electron chi connectivity index (χ1n) is 16.9. The maximum Gasteiger partial charge on any atom is 0.416 e. The molecular formula is C36H34ClF3N8O5. The highest BCUT2D eigenvalue weighted by atomic mass is 35.5. The number of hydrogen-bond donors (Lipinski definition) is 2. The Morgan fingerprint density at radius 1 is 1.08 bits per heavy atom. The third kappa shape index (κ3) is 6.86. The summed E-state index contributed by atoms with van der Waals surface area (Å²) >= 11 is 6.16. The minimum absolute atomic E-state index is 0.00547. The number of carbonyl (C=O) groups is 3. The van der Waals surface area contributed by atoms with Crippen LogP contribution in [0.5, 0.6) is 11.5 Å². The van der Waals surface area contributed by atoms with Gasteiger partial charge in [0.05, 0.1) is 40.0 Å². The fourth-order valence-corrected chi connectivity index (χ4v) is 6.98. The van der Waals surface area contributed by atoms with Crippen molar-refractivity contribution in [2.75, 3.05) is 51.2 Å². The second-order valence-corrected chi connectivity index (χ2v) is 13.2. The van der Waals surface area contributed by atoms with E-state index in [1.807, 2.05) is 36.1 Å². The number of aromatic nitrogens is 2. The molecule has 53 heavy (non-hydrogen) atoms. The van der Waals surface area contributed by atoms with Crippen molar-refractivity contribution in [3.63, 3.8) is 0 Å². The molecule has 13 nitrogen and oxygen atoms in total. The van der Waals surface area contributed by atoms with Crippen LogP contribution in [0, 0.1) is 6.92 Å². The molecule has 0 bridgehead atoms. The van der Waals surface area contributed by atoms with Gasteiger partial charge in [0, 0.05) is 44.7 Å². The van der Waals surface area contributed by atoms with Gasteiger partial charge in [-0.25, -0.2) is 15.0 Å².